The van der Waals surface area contributed by atoms with Gasteiger partial charge in [-0.3, -0.25) is 9.69 Å². The average molecular weight is 369 g/mol. The van der Waals surface area contributed by atoms with Gasteiger partial charge in [0.25, 0.3) is 0 Å². The molecule has 0 saturated carbocycles. The van der Waals surface area contributed by atoms with Crippen LogP contribution in [0.15, 0.2) is 24.3 Å². The van der Waals surface area contributed by atoms with Crippen LogP contribution in [0.25, 0.3) is 0 Å². The Morgan fingerprint density at radius 1 is 1.44 bits per heavy atom. The quantitative estimate of drug-likeness (QED) is 0.799. The Bertz CT molecular complexity index is 804. The van der Waals surface area contributed by atoms with Gasteiger partial charge in [-0.25, -0.2) is 4.79 Å². The molecule has 3 atom stereocenters. The van der Waals surface area contributed by atoms with E-state index in [1.165, 1.54) is 0 Å². The summed E-state index contributed by atoms with van der Waals surface area (Å²) in [6.45, 7) is 5.43. The molecular formula is C18H24ClN3O3. The molecule has 25 heavy (non-hydrogen) atoms. The average Bonchev–Trinajstić information content (AvgIpc) is 2.77. The number of nitrogens with one attached hydrogen (secondary N) is 1. The molecule has 2 fully saturated rings. The summed E-state index contributed by atoms with van der Waals surface area (Å²) in [6.07, 6.45) is -2.16. The van der Waals surface area contributed by atoms with Crippen molar-refractivity contribution in [2.75, 3.05) is 13.1 Å². The highest BCUT2D eigenvalue weighted by Crippen LogP contribution is 2.44. The fourth-order valence-corrected chi connectivity index (χ4v) is 3.70. The van der Waals surface area contributed by atoms with Gasteiger partial charge in [0.15, 0.2) is 1.41 Å². The van der Waals surface area contributed by atoms with Crippen LogP contribution < -0.4 is 5.31 Å². The molecular weight excluding hydrogens is 342 g/mol. The van der Waals surface area contributed by atoms with Crippen LogP contribution in [-0.2, 0) is 4.79 Å². The highest BCUT2D eigenvalue weighted by molar-refractivity contribution is 6.30. The lowest BCUT2D eigenvalue weighted by atomic mass is 9.89. The molecule has 0 aromatic heterocycles. The first kappa shape index (κ1) is 14.4. The molecule has 3 unspecified atom stereocenters. The van der Waals surface area contributed by atoms with E-state index >= 15 is 0 Å². The molecule has 6 nitrogen and oxygen atoms in total. The van der Waals surface area contributed by atoms with E-state index in [0.717, 1.165) is 10.2 Å². The largest absolute Gasteiger partial charge is 0.465 e. The highest BCUT2D eigenvalue weighted by atomic mass is 35.5. The van der Waals surface area contributed by atoms with Gasteiger partial charge >= 0.3 is 6.09 Å². The summed E-state index contributed by atoms with van der Waals surface area (Å²) < 4.78 is 26.4. The summed E-state index contributed by atoms with van der Waals surface area (Å²) in [5.74, 6) is -0.759. The first-order valence-electron chi connectivity index (χ1n) is 9.69. The fourth-order valence-electron chi connectivity index (χ4n) is 3.57. The zero-order chi connectivity index (χ0) is 21.1. The van der Waals surface area contributed by atoms with Crippen LogP contribution in [0, 0.1) is 0 Å². The van der Waals surface area contributed by atoms with E-state index in [4.69, 9.17) is 14.4 Å². The number of hydrogen-bond acceptors (Lipinski definition) is 3. The Hall–Kier alpha value is -1.79. The molecule has 0 bridgehead atoms. The number of halogens is 1. The van der Waals surface area contributed by atoms with Crippen LogP contribution in [0.2, 0.25) is 6.43 Å². The maximum Gasteiger partial charge on any atom is 0.407 e. The maximum atomic E-state index is 13.3. The molecule has 0 radical (unpaired) electrons. The molecule has 2 saturated heterocycles. The van der Waals surface area contributed by atoms with Crippen LogP contribution >= 0.6 is 11.6 Å². The lowest BCUT2D eigenvalue weighted by Gasteiger charge is -2.50. The van der Waals surface area contributed by atoms with Crippen molar-refractivity contribution in [1.82, 2.24) is 15.1 Å². The number of amides is 2. The summed E-state index contributed by atoms with van der Waals surface area (Å²) in [4.78, 5) is 27.3. The number of carbonyl (C=O) groups excluding carboxylic acids is 1. The standard InChI is InChI=1S/C18H24ClN3O3/c1-17(2,3)22-14(12-4-6-13(19)7-5-12)15(23)20-18(22)8-10-21(11-9-18)16(24)25/h4-7,14H,8-11H2,1-3H3,(H,20,23)(H,24,25)/i8D,14D/hD. The molecule has 2 amide bonds. The van der Waals surface area contributed by atoms with Gasteiger partial charge in [0, 0.05) is 37.8 Å². The van der Waals surface area contributed by atoms with Gasteiger partial charge in [-0.05, 0) is 38.5 Å². The lowest BCUT2D eigenvalue weighted by Crippen LogP contribution is -2.63. The van der Waals surface area contributed by atoms with Gasteiger partial charge in [0.05, 0.1) is 7.03 Å². The zero-order valence-corrected chi connectivity index (χ0v) is 15.2. The Morgan fingerprint density at radius 2 is 2.08 bits per heavy atom. The van der Waals surface area contributed by atoms with Crippen molar-refractivity contribution in [3.05, 3.63) is 34.9 Å². The van der Waals surface area contributed by atoms with E-state index in [1.807, 2.05) is 20.8 Å². The molecule has 2 heterocycles. The van der Waals surface area contributed by atoms with Crippen molar-refractivity contribution in [1.29, 1.82) is 0 Å². The van der Waals surface area contributed by atoms with Gasteiger partial charge in [-0.2, -0.15) is 0 Å². The van der Waals surface area contributed by atoms with Crippen molar-refractivity contribution >= 4 is 23.6 Å². The monoisotopic (exact) mass is 368 g/mol. The van der Waals surface area contributed by atoms with Gasteiger partial charge < -0.3 is 15.3 Å². The third-order valence-corrected chi connectivity index (χ3v) is 4.81. The number of carboxylic acid groups (broad SMARTS) is 1. The molecule has 2 aliphatic rings. The van der Waals surface area contributed by atoms with Gasteiger partial charge in [-0.1, -0.05) is 23.7 Å². The molecule has 2 N–H and O–H groups in total. The molecule has 1 aromatic carbocycles. The van der Waals surface area contributed by atoms with Crippen LogP contribution in [0.5, 0.6) is 0 Å². The third-order valence-electron chi connectivity index (χ3n) is 4.56. The van der Waals surface area contributed by atoms with Gasteiger partial charge in [-0.15, -0.1) is 0 Å². The smallest absolute Gasteiger partial charge is 0.407 e. The molecule has 1 spiro atoms. The number of rotatable bonds is 1. The van der Waals surface area contributed by atoms with Crippen molar-refractivity contribution in [2.24, 2.45) is 0 Å². The van der Waals surface area contributed by atoms with Crippen LogP contribution in [0.4, 0.5) is 4.79 Å². The molecule has 136 valence electrons. The number of benzene rings is 1. The Balaban J connectivity index is 2.18. The van der Waals surface area contributed by atoms with Crippen LogP contribution in [0.3, 0.4) is 0 Å². The second-order valence-corrected chi connectivity index (χ2v) is 7.78. The minimum atomic E-state index is -1.92. The molecule has 3 rings (SSSR count). The SMILES string of the molecule is [2H]C1CN(C(=O)O)CCC12N([2H])C(=O)C([2H])(c1ccc(Cl)cc1)N2C(C)(C)C. The molecule has 1 aromatic rings. The predicted molar refractivity (Wildman–Crippen MR) is 95.5 cm³/mol. The Labute approximate surface area is 157 Å². The van der Waals surface area contributed by atoms with E-state index in [9.17, 15) is 16.1 Å². The lowest BCUT2D eigenvalue weighted by molar-refractivity contribution is -0.122. The van der Waals surface area contributed by atoms with Crippen LogP contribution in [0.1, 0.15) is 47.9 Å². The van der Waals surface area contributed by atoms with E-state index in [-0.39, 0.29) is 19.5 Å². The van der Waals surface area contributed by atoms with Gasteiger partial charge in [0.1, 0.15) is 6.02 Å². The number of nitrogens with zero attached hydrogens (tertiary/aromatic N) is 2. The van der Waals surface area contributed by atoms with Crippen LogP contribution in [-0.4, -0.2) is 51.2 Å². The Kier molecular flexibility index (Phi) is 3.56. The minimum absolute atomic E-state index is 0.0776. The highest BCUT2D eigenvalue weighted by Gasteiger charge is 2.56. The van der Waals surface area contributed by atoms with Crippen molar-refractivity contribution in [3.63, 3.8) is 0 Å². The number of hydrogen-bond donors (Lipinski definition) is 2. The summed E-state index contributed by atoms with van der Waals surface area (Å²) in [5.41, 5.74) is -1.81. The zero-order valence-electron chi connectivity index (χ0n) is 17.5. The second-order valence-electron chi connectivity index (χ2n) is 7.34. The van der Waals surface area contributed by atoms with E-state index < -0.39 is 35.6 Å². The summed E-state index contributed by atoms with van der Waals surface area (Å²) in [6, 6.07) is 4.43. The fraction of sp³-hybridized carbons (Fsp3) is 0.556. The first-order valence-corrected chi connectivity index (χ1v) is 8.54. The molecule has 2 aliphatic heterocycles. The normalized spacial score (nSPS) is 35.6. The van der Waals surface area contributed by atoms with Crippen molar-refractivity contribution < 1.29 is 18.8 Å². The third kappa shape index (κ3) is 3.20. The predicted octanol–water partition coefficient (Wildman–Crippen LogP) is 3.08. The topological polar surface area (TPSA) is 72.9 Å². The summed E-state index contributed by atoms with van der Waals surface area (Å²) in [5, 5.41) is 10.5. The first-order chi connectivity index (χ1) is 12.9. The van der Waals surface area contributed by atoms with E-state index in [2.05, 4.69) is 0 Å². The second kappa shape index (κ2) is 6.18. The number of piperidine rings is 1. The molecule has 7 heteroatoms. The van der Waals surface area contributed by atoms with Crippen molar-refractivity contribution in [2.45, 2.75) is 50.8 Å². The Morgan fingerprint density at radius 3 is 2.60 bits per heavy atom. The number of likely N-dealkylation sites (tertiary alicyclic amines) is 1. The van der Waals surface area contributed by atoms with Gasteiger partial charge in [0.2, 0.25) is 5.91 Å². The minimum Gasteiger partial charge on any atom is -0.465 e. The molecule has 0 aliphatic carbocycles. The summed E-state index contributed by atoms with van der Waals surface area (Å²) >= 11 is 5.97. The van der Waals surface area contributed by atoms with E-state index in [1.54, 1.807) is 29.2 Å². The van der Waals surface area contributed by atoms with E-state index in [0.29, 0.717) is 10.6 Å². The van der Waals surface area contributed by atoms with Crippen molar-refractivity contribution in [3.8, 4) is 0 Å². The maximum absolute atomic E-state index is 13.3. The summed E-state index contributed by atoms with van der Waals surface area (Å²) in [7, 11) is 0. The number of carbonyl (C=O) groups is 2.